The first kappa shape index (κ1) is 20.3. The van der Waals surface area contributed by atoms with Crippen molar-refractivity contribution in [3.63, 3.8) is 0 Å². The molecule has 0 aliphatic carbocycles. The molecule has 0 saturated carbocycles. The molecule has 1 aromatic heterocycles. The summed E-state index contributed by atoms with van der Waals surface area (Å²) in [5.41, 5.74) is 5.43. The number of nitrogens with one attached hydrogen (secondary N) is 1. The fourth-order valence-electron chi connectivity index (χ4n) is 3.29. The predicted octanol–water partition coefficient (Wildman–Crippen LogP) is 4.74. The van der Waals surface area contributed by atoms with Crippen LogP contribution in [-0.2, 0) is 14.3 Å². The van der Waals surface area contributed by atoms with E-state index in [0.29, 0.717) is 0 Å². The molecular formula is C24H24N2O3. The van der Waals surface area contributed by atoms with E-state index in [-0.39, 0.29) is 5.91 Å². The van der Waals surface area contributed by atoms with Crippen LogP contribution in [0.1, 0.15) is 29.2 Å². The van der Waals surface area contributed by atoms with E-state index in [9.17, 15) is 9.59 Å². The van der Waals surface area contributed by atoms with Gasteiger partial charge in [0, 0.05) is 28.9 Å². The number of aryl methyl sites for hydroxylation is 3. The van der Waals surface area contributed by atoms with Gasteiger partial charge in [-0.15, -0.1) is 0 Å². The molecule has 3 aromatic rings. The normalized spacial score (nSPS) is 12.1. The Bertz CT molecular complexity index is 1070. The molecule has 29 heavy (non-hydrogen) atoms. The van der Waals surface area contributed by atoms with Crippen molar-refractivity contribution >= 4 is 34.5 Å². The molecule has 0 saturated heterocycles. The lowest BCUT2D eigenvalue weighted by molar-refractivity contribution is -0.148. The van der Waals surface area contributed by atoms with E-state index < -0.39 is 12.1 Å². The SMILES string of the molecule is Cc1cc(C)c(NC(=O)C(C)OC(=O)/C=C/c2cccc3cccnc23)c(C)c1. The molecule has 0 fully saturated rings. The molecule has 0 aliphatic rings. The van der Waals surface area contributed by atoms with Gasteiger partial charge in [0.05, 0.1) is 5.52 Å². The van der Waals surface area contributed by atoms with Crippen LogP contribution in [0.4, 0.5) is 5.69 Å². The zero-order valence-electron chi connectivity index (χ0n) is 17.0. The van der Waals surface area contributed by atoms with E-state index >= 15 is 0 Å². The van der Waals surface area contributed by atoms with E-state index in [1.54, 1.807) is 19.2 Å². The minimum absolute atomic E-state index is 0.367. The monoisotopic (exact) mass is 388 g/mol. The highest BCUT2D eigenvalue weighted by atomic mass is 16.5. The highest BCUT2D eigenvalue weighted by Crippen LogP contribution is 2.22. The molecule has 0 spiro atoms. The van der Waals surface area contributed by atoms with Gasteiger partial charge in [-0.3, -0.25) is 9.78 Å². The van der Waals surface area contributed by atoms with Gasteiger partial charge in [0.25, 0.3) is 5.91 Å². The van der Waals surface area contributed by atoms with Crippen LogP contribution in [0.15, 0.2) is 54.7 Å². The molecule has 1 atom stereocenters. The van der Waals surface area contributed by atoms with Gasteiger partial charge >= 0.3 is 5.97 Å². The number of carbonyl (C=O) groups is 2. The fourth-order valence-corrected chi connectivity index (χ4v) is 3.29. The molecule has 1 amide bonds. The summed E-state index contributed by atoms with van der Waals surface area (Å²) in [4.78, 5) is 29.0. The van der Waals surface area contributed by atoms with Crippen molar-refractivity contribution in [1.29, 1.82) is 0 Å². The number of fused-ring (bicyclic) bond motifs is 1. The average molecular weight is 388 g/mol. The number of hydrogen-bond acceptors (Lipinski definition) is 4. The average Bonchev–Trinajstić information content (AvgIpc) is 2.68. The van der Waals surface area contributed by atoms with Crippen molar-refractivity contribution in [2.75, 3.05) is 5.32 Å². The zero-order valence-corrected chi connectivity index (χ0v) is 17.0. The highest BCUT2D eigenvalue weighted by molar-refractivity contribution is 5.98. The lowest BCUT2D eigenvalue weighted by atomic mass is 10.0. The summed E-state index contributed by atoms with van der Waals surface area (Å²) in [5.74, 6) is -0.952. The standard InChI is InChI=1S/C24H24N2O3/c1-15-13-16(2)22(17(3)14-15)26-24(28)18(4)29-21(27)11-10-20-8-5-7-19-9-6-12-25-23(19)20/h5-14,18H,1-4H3,(H,26,28)/b11-10+. The Hall–Kier alpha value is -3.47. The molecule has 5 nitrogen and oxygen atoms in total. The number of amides is 1. The number of carbonyl (C=O) groups excluding carboxylic acids is 2. The van der Waals surface area contributed by atoms with Gasteiger partial charge in [-0.25, -0.2) is 4.79 Å². The first-order valence-corrected chi connectivity index (χ1v) is 9.46. The van der Waals surface area contributed by atoms with Crippen LogP contribution in [-0.4, -0.2) is 23.0 Å². The van der Waals surface area contributed by atoms with Crippen molar-refractivity contribution < 1.29 is 14.3 Å². The zero-order chi connectivity index (χ0) is 21.0. The number of rotatable bonds is 5. The number of aromatic nitrogens is 1. The van der Waals surface area contributed by atoms with Crippen LogP contribution in [0.3, 0.4) is 0 Å². The van der Waals surface area contributed by atoms with Gasteiger partial charge in [-0.05, 0) is 51.0 Å². The molecule has 1 N–H and O–H groups in total. The third-order valence-electron chi connectivity index (χ3n) is 4.65. The van der Waals surface area contributed by atoms with E-state index in [0.717, 1.165) is 38.8 Å². The summed E-state index contributed by atoms with van der Waals surface area (Å²) < 4.78 is 5.26. The van der Waals surface area contributed by atoms with Crippen molar-refractivity contribution in [3.8, 4) is 0 Å². The van der Waals surface area contributed by atoms with Crippen LogP contribution in [0.25, 0.3) is 17.0 Å². The third kappa shape index (κ3) is 4.88. The van der Waals surface area contributed by atoms with Crippen molar-refractivity contribution in [3.05, 3.63) is 77.0 Å². The van der Waals surface area contributed by atoms with E-state index in [4.69, 9.17) is 4.74 Å². The summed E-state index contributed by atoms with van der Waals surface area (Å²) in [5, 5.41) is 3.84. The maximum Gasteiger partial charge on any atom is 0.331 e. The lowest BCUT2D eigenvalue weighted by Gasteiger charge is -2.16. The largest absolute Gasteiger partial charge is 0.449 e. The first-order valence-electron chi connectivity index (χ1n) is 9.46. The summed E-state index contributed by atoms with van der Waals surface area (Å²) >= 11 is 0. The van der Waals surface area contributed by atoms with Crippen LogP contribution < -0.4 is 5.32 Å². The summed E-state index contributed by atoms with van der Waals surface area (Å²) in [6, 6.07) is 13.6. The third-order valence-corrected chi connectivity index (χ3v) is 4.65. The number of nitrogens with zero attached hydrogens (tertiary/aromatic N) is 1. The summed E-state index contributed by atoms with van der Waals surface area (Å²) in [6.45, 7) is 7.44. The number of esters is 1. The Balaban J connectivity index is 1.66. The van der Waals surface area contributed by atoms with Gasteiger partial charge in [-0.2, -0.15) is 0 Å². The molecule has 3 rings (SSSR count). The number of para-hydroxylation sites is 1. The number of anilines is 1. The number of benzene rings is 2. The van der Waals surface area contributed by atoms with Gasteiger partial charge in [-0.1, -0.05) is 42.0 Å². The summed E-state index contributed by atoms with van der Waals surface area (Å²) in [7, 11) is 0. The molecule has 1 unspecified atom stereocenters. The Morgan fingerprint density at radius 1 is 1.07 bits per heavy atom. The molecule has 5 heteroatoms. The van der Waals surface area contributed by atoms with Gasteiger partial charge in [0.1, 0.15) is 0 Å². The molecule has 0 bridgehead atoms. The Kier molecular flexibility index (Phi) is 6.07. The minimum Gasteiger partial charge on any atom is -0.449 e. The maximum atomic E-state index is 12.5. The van der Waals surface area contributed by atoms with Crippen molar-refractivity contribution in [2.24, 2.45) is 0 Å². The van der Waals surface area contributed by atoms with E-state index in [2.05, 4.69) is 10.3 Å². The second-order valence-corrected chi connectivity index (χ2v) is 7.10. The van der Waals surface area contributed by atoms with Crippen LogP contribution in [0, 0.1) is 20.8 Å². The molecule has 148 valence electrons. The van der Waals surface area contributed by atoms with Crippen LogP contribution >= 0.6 is 0 Å². The van der Waals surface area contributed by atoms with Crippen molar-refractivity contribution in [2.45, 2.75) is 33.8 Å². The van der Waals surface area contributed by atoms with E-state index in [1.807, 2.05) is 63.2 Å². The molecule has 2 aromatic carbocycles. The number of hydrogen-bond donors (Lipinski definition) is 1. The second-order valence-electron chi connectivity index (χ2n) is 7.10. The van der Waals surface area contributed by atoms with Gasteiger partial charge < -0.3 is 10.1 Å². The molecule has 1 heterocycles. The predicted molar refractivity (Wildman–Crippen MR) is 116 cm³/mol. The Morgan fingerprint density at radius 2 is 1.76 bits per heavy atom. The Morgan fingerprint density at radius 3 is 2.48 bits per heavy atom. The molecule has 0 aliphatic heterocycles. The quantitative estimate of drug-likeness (QED) is 0.506. The van der Waals surface area contributed by atoms with Gasteiger partial charge in [0.15, 0.2) is 6.10 Å². The minimum atomic E-state index is -0.919. The molecule has 0 radical (unpaired) electrons. The fraction of sp³-hybridized carbons (Fsp3) is 0.208. The van der Waals surface area contributed by atoms with Crippen LogP contribution in [0.2, 0.25) is 0 Å². The lowest BCUT2D eigenvalue weighted by Crippen LogP contribution is -2.30. The highest BCUT2D eigenvalue weighted by Gasteiger charge is 2.18. The first-order chi connectivity index (χ1) is 13.8. The van der Waals surface area contributed by atoms with E-state index in [1.165, 1.54) is 6.08 Å². The summed E-state index contributed by atoms with van der Waals surface area (Å²) in [6.07, 6.45) is 3.75. The maximum absolute atomic E-state index is 12.5. The Labute approximate surface area is 170 Å². The van der Waals surface area contributed by atoms with Gasteiger partial charge in [0.2, 0.25) is 0 Å². The van der Waals surface area contributed by atoms with Crippen LogP contribution in [0.5, 0.6) is 0 Å². The number of pyridine rings is 1. The second kappa shape index (κ2) is 8.69. The number of ether oxygens (including phenoxy) is 1. The van der Waals surface area contributed by atoms with Crippen molar-refractivity contribution in [1.82, 2.24) is 4.98 Å². The molecular weight excluding hydrogens is 364 g/mol. The topological polar surface area (TPSA) is 68.3 Å². The smallest absolute Gasteiger partial charge is 0.331 e.